The van der Waals surface area contributed by atoms with E-state index in [0.29, 0.717) is 12.1 Å². The molecule has 10 heavy (non-hydrogen) atoms. The summed E-state index contributed by atoms with van der Waals surface area (Å²) >= 11 is 0. The Hall–Kier alpha value is -1.15. The van der Waals surface area contributed by atoms with Gasteiger partial charge in [0.25, 0.3) is 5.71 Å². The maximum atomic E-state index is 10.5. The Kier molecular flexibility index (Phi) is 4.16. The minimum Gasteiger partial charge on any atom is -0.469 e. The van der Waals surface area contributed by atoms with Gasteiger partial charge in [0.15, 0.2) is 0 Å². The predicted molar refractivity (Wildman–Crippen MR) is 35.6 cm³/mol. The predicted octanol–water partition coefficient (Wildman–Crippen LogP) is 0.630. The fourth-order valence-corrected chi connectivity index (χ4v) is 0.435. The molecule has 0 bridgehead atoms. The third kappa shape index (κ3) is 3.80. The lowest BCUT2D eigenvalue weighted by molar-refractivity contribution is -0.140. The summed E-state index contributed by atoms with van der Waals surface area (Å²) in [7, 11) is 1.33. The number of esters is 1. The van der Waals surface area contributed by atoms with Crippen LogP contribution in [0.15, 0.2) is 0 Å². The first-order valence-corrected chi connectivity index (χ1v) is 2.95. The molecule has 0 aliphatic heterocycles. The van der Waals surface area contributed by atoms with Crippen LogP contribution in [0.1, 0.15) is 19.8 Å². The highest BCUT2D eigenvalue weighted by atomic mass is 16.5. The highest BCUT2D eigenvalue weighted by Gasteiger charge is 2.04. The van der Waals surface area contributed by atoms with Crippen molar-refractivity contribution in [1.82, 2.24) is 0 Å². The highest BCUT2D eigenvalue weighted by Crippen LogP contribution is 1.91. The summed E-state index contributed by atoms with van der Waals surface area (Å²) in [6.07, 6.45) is 0.718. The Bertz CT molecular complexity index is 171. The third-order valence-corrected chi connectivity index (χ3v) is 1.09. The molecule has 0 radical (unpaired) electrons. The van der Waals surface area contributed by atoms with Gasteiger partial charge in [-0.05, 0) is 0 Å². The summed E-state index contributed by atoms with van der Waals surface area (Å²) in [5.74, 6) is -0.289. The summed E-state index contributed by atoms with van der Waals surface area (Å²) in [5, 5.41) is 0. The molecular weight excluding hydrogens is 132 g/mol. The van der Waals surface area contributed by atoms with E-state index in [0.717, 1.165) is 0 Å². The zero-order valence-corrected chi connectivity index (χ0v) is 6.13. The van der Waals surface area contributed by atoms with E-state index in [1.807, 2.05) is 0 Å². The van der Waals surface area contributed by atoms with Crippen LogP contribution in [-0.4, -0.2) is 23.6 Å². The van der Waals surface area contributed by atoms with Gasteiger partial charge in [0.05, 0.1) is 20.0 Å². The fraction of sp³-hybridized carbons (Fsp3) is 0.667. The molecule has 0 aromatic rings. The highest BCUT2D eigenvalue weighted by molar-refractivity contribution is 5.81. The van der Waals surface area contributed by atoms with Crippen LogP contribution in [0.2, 0.25) is 0 Å². The number of ether oxygens (including phenoxy) is 1. The van der Waals surface area contributed by atoms with Gasteiger partial charge in [-0.2, -0.15) is 4.79 Å². The molecule has 0 aromatic heterocycles. The van der Waals surface area contributed by atoms with Crippen molar-refractivity contribution < 1.29 is 14.3 Å². The van der Waals surface area contributed by atoms with Crippen LogP contribution < -0.4 is 0 Å². The van der Waals surface area contributed by atoms with Crippen molar-refractivity contribution in [2.45, 2.75) is 19.8 Å². The molecule has 0 heterocycles. The standard InChI is InChI=1S/C6H10N2O2/c1-5(8-7)3-4-6(9)10-2/h3-4H2,1-2H3. The van der Waals surface area contributed by atoms with E-state index in [9.17, 15) is 4.79 Å². The van der Waals surface area contributed by atoms with Crippen LogP contribution in [0.3, 0.4) is 0 Å². The molecular formula is C6H10N2O2. The van der Waals surface area contributed by atoms with E-state index in [-0.39, 0.29) is 12.4 Å². The Morgan fingerprint density at radius 3 is 2.60 bits per heavy atom. The SMILES string of the molecule is COC(=O)CCC(C)=[N+]=[N-]. The summed E-state index contributed by atoms with van der Waals surface area (Å²) in [4.78, 5) is 13.4. The lowest BCUT2D eigenvalue weighted by atomic mass is 10.2. The summed E-state index contributed by atoms with van der Waals surface area (Å²) in [6.45, 7) is 1.64. The second-order valence-electron chi connectivity index (χ2n) is 1.91. The van der Waals surface area contributed by atoms with E-state index in [1.54, 1.807) is 6.92 Å². The van der Waals surface area contributed by atoms with E-state index >= 15 is 0 Å². The van der Waals surface area contributed by atoms with Crippen LogP contribution >= 0.6 is 0 Å². The molecule has 0 spiro atoms. The van der Waals surface area contributed by atoms with Crippen molar-refractivity contribution in [3.8, 4) is 0 Å². The van der Waals surface area contributed by atoms with Gasteiger partial charge in [0.2, 0.25) is 0 Å². The van der Waals surface area contributed by atoms with Crippen LogP contribution in [0, 0.1) is 0 Å². The molecule has 0 saturated heterocycles. The quantitative estimate of drug-likeness (QED) is 0.251. The molecule has 4 nitrogen and oxygen atoms in total. The summed E-state index contributed by atoms with van der Waals surface area (Å²) < 4.78 is 4.37. The molecule has 0 aliphatic rings. The van der Waals surface area contributed by atoms with Crippen LogP contribution in [0.25, 0.3) is 5.53 Å². The molecule has 0 fully saturated rings. The van der Waals surface area contributed by atoms with Crippen molar-refractivity contribution in [1.29, 1.82) is 0 Å². The van der Waals surface area contributed by atoms with Crippen molar-refractivity contribution in [2.75, 3.05) is 7.11 Å². The number of rotatable bonds is 3. The minimum absolute atomic E-state index is 0.270. The van der Waals surface area contributed by atoms with Gasteiger partial charge in [-0.1, -0.05) is 0 Å². The molecule has 0 aliphatic carbocycles. The third-order valence-electron chi connectivity index (χ3n) is 1.09. The summed E-state index contributed by atoms with van der Waals surface area (Å²) in [5.41, 5.74) is 8.69. The second-order valence-corrected chi connectivity index (χ2v) is 1.91. The largest absolute Gasteiger partial charge is 0.469 e. The maximum absolute atomic E-state index is 10.5. The van der Waals surface area contributed by atoms with Crippen LogP contribution in [0.5, 0.6) is 0 Å². The average molecular weight is 142 g/mol. The van der Waals surface area contributed by atoms with Gasteiger partial charge >= 0.3 is 5.97 Å². The van der Waals surface area contributed by atoms with Gasteiger partial charge in [-0.15, -0.1) is 0 Å². The van der Waals surface area contributed by atoms with Gasteiger partial charge in [0, 0.05) is 6.92 Å². The fourth-order valence-electron chi connectivity index (χ4n) is 0.435. The maximum Gasteiger partial charge on any atom is 0.306 e. The van der Waals surface area contributed by atoms with Gasteiger partial charge in [-0.3, -0.25) is 4.79 Å². The number of carbonyl (C=O) groups is 1. The molecule has 0 saturated carbocycles. The first-order chi connectivity index (χ1) is 4.70. The zero-order valence-electron chi connectivity index (χ0n) is 6.13. The number of nitrogens with zero attached hydrogens (tertiary/aromatic N) is 2. The topological polar surface area (TPSA) is 62.7 Å². The Morgan fingerprint density at radius 1 is 1.60 bits per heavy atom. The van der Waals surface area contributed by atoms with Crippen molar-refractivity contribution in [3.05, 3.63) is 5.53 Å². The molecule has 0 atom stereocenters. The zero-order chi connectivity index (χ0) is 7.98. The number of hydrogen-bond acceptors (Lipinski definition) is 2. The molecule has 0 amide bonds. The Labute approximate surface area is 59.4 Å². The van der Waals surface area contributed by atoms with Gasteiger partial charge in [0.1, 0.15) is 0 Å². The molecule has 0 aromatic carbocycles. The van der Waals surface area contributed by atoms with Crippen molar-refractivity contribution in [2.24, 2.45) is 0 Å². The Morgan fingerprint density at radius 2 is 2.20 bits per heavy atom. The number of carbonyl (C=O) groups excluding carboxylic acids is 1. The first kappa shape index (κ1) is 8.85. The average Bonchev–Trinajstić information content (AvgIpc) is 1.99. The molecule has 0 unspecified atom stereocenters. The van der Waals surface area contributed by atoms with E-state index in [1.165, 1.54) is 7.11 Å². The van der Waals surface area contributed by atoms with Crippen molar-refractivity contribution in [3.63, 3.8) is 0 Å². The number of methoxy groups -OCH3 is 1. The normalized spacial score (nSPS) is 8.20. The molecule has 0 rings (SSSR count). The smallest absolute Gasteiger partial charge is 0.306 e. The molecule has 4 heteroatoms. The lowest BCUT2D eigenvalue weighted by Gasteiger charge is -1.92. The van der Waals surface area contributed by atoms with E-state index in [2.05, 4.69) is 9.53 Å². The minimum atomic E-state index is -0.289. The van der Waals surface area contributed by atoms with Crippen molar-refractivity contribution >= 4 is 11.7 Å². The van der Waals surface area contributed by atoms with E-state index in [4.69, 9.17) is 5.53 Å². The van der Waals surface area contributed by atoms with E-state index < -0.39 is 0 Å². The number of hydrogen-bond donors (Lipinski definition) is 0. The Balaban J connectivity index is 3.55. The molecule has 56 valence electrons. The van der Waals surface area contributed by atoms with Gasteiger partial charge in [-0.25, -0.2) is 0 Å². The molecule has 0 N–H and O–H groups in total. The van der Waals surface area contributed by atoms with Crippen LogP contribution in [-0.2, 0) is 9.53 Å². The summed E-state index contributed by atoms with van der Waals surface area (Å²) in [6, 6.07) is 0. The first-order valence-electron chi connectivity index (χ1n) is 2.95. The monoisotopic (exact) mass is 142 g/mol. The second kappa shape index (κ2) is 4.70. The van der Waals surface area contributed by atoms with Crippen LogP contribution in [0.4, 0.5) is 0 Å². The van der Waals surface area contributed by atoms with Gasteiger partial charge < -0.3 is 10.3 Å². The lowest BCUT2D eigenvalue weighted by Crippen LogP contribution is -2.03.